The van der Waals surface area contributed by atoms with Crippen LogP contribution in [0.4, 0.5) is 11.4 Å². The first-order valence-corrected chi connectivity index (χ1v) is 27.3. The summed E-state index contributed by atoms with van der Waals surface area (Å²) in [5, 5.41) is 0. The Morgan fingerprint density at radius 2 is 1.00 bits per heavy atom. The molecule has 0 aromatic heterocycles. The minimum atomic E-state index is -1.19. The SMILES string of the molecule is CC1C2C=CC=CC2C2c3cc(Br)ccc3N(C[Si](C)(C)C)C12.CC1C2C=CC=CC2C2c3cc(C(C)(C)C)ccc3N(C[Si](C)(C)C)C12. The number of allylic oxidation sites excluding steroid dienone is 8. The molecule has 6 aliphatic rings. The van der Waals surface area contributed by atoms with Gasteiger partial charge in [-0.15, -0.1) is 0 Å². The van der Waals surface area contributed by atoms with E-state index in [4.69, 9.17) is 0 Å². The van der Waals surface area contributed by atoms with E-state index in [0.29, 0.717) is 59.4 Å². The molecule has 2 aromatic rings. The van der Waals surface area contributed by atoms with Gasteiger partial charge >= 0.3 is 0 Å². The molecular formula is C44H61BrN2Si2. The van der Waals surface area contributed by atoms with Crippen molar-refractivity contribution < 1.29 is 0 Å². The molecule has 2 heterocycles. The molecule has 5 heteroatoms. The van der Waals surface area contributed by atoms with E-state index in [-0.39, 0.29) is 5.41 Å². The number of nitrogens with zero attached hydrogens (tertiary/aromatic N) is 2. The van der Waals surface area contributed by atoms with Crippen LogP contribution < -0.4 is 9.80 Å². The molecule has 2 aliphatic heterocycles. The van der Waals surface area contributed by atoms with Gasteiger partial charge in [-0.2, -0.15) is 0 Å². The van der Waals surface area contributed by atoms with Crippen LogP contribution >= 0.6 is 15.9 Å². The van der Waals surface area contributed by atoms with Gasteiger partial charge in [0.25, 0.3) is 0 Å². The summed E-state index contributed by atoms with van der Waals surface area (Å²) >= 11 is 3.70. The molecule has 0 saturated heterocycles. The van der Waals surface area contributed by atoms with Gasteiger partial charge in [-0.05, 0) is 81.9 Å². The maximum absolute atomic E-state index is 3.70. The summed E-state index contributed by atoms with van der Waals surface area (Å²) < 4.78 is 1.22. The van der Waals surface area contributed by atoms with Gasteiger partial charge in [0.2, 0.25) is 0 Å². The van der Waals surface area contributed by atoms with Gasteiger partial charge in [-0.1, -0.05) is 151 Å². The molecule has 8 rings (SSSR count). The van der Waals surface area contributed by atoms with Gasteiger partial charge in [0.15, 0.2) is 0 Å². The van der Waals surface area contributed by atoms with Crippen molar-refractivity contribution in [2.75, 3.05) is 22.1 Å². The van der Waals surface area contributed by atoms with Crippen LogP contribution in [0.25, 0.3) is 0 Å². The Balaban J connectivity index is 0.000000155. The molecule has 0 N–H and O–H groups in total. The van der Waals surface area contributed by atoms with Gasteiger partial charge in [0.05, 0.1) is 16.1 Å². The first kappa shape index (κ1) is 35.3. The van der Waals surface area contributed by atoms with E-state index < -0.39 is 16.1 Å². The van der Waals surface area contributed by atoms with E-state index in [1.807, 2.05) is 0 Å². The highest BCUT2D eigenvalue weighted by atomic mass is 79.9. The number of fused-ring (bicyclic) bond motifs is 10. The third-order valence-electron chi connectivity index (χ3n) is 12.5. The number of benzene rings is 2. The summed E-state index contributed by atoms with van der Waals surface area (Å²) in [6.45, 7) is 27.0. The molecule has 0 spiro atoms. The molecule has 262 valence electrons. The Bertz CT molecular complexity index is 1700. The topological polar surface area (TPSA) is 6.48 Å². The maximum Gasteiger partial charge on any atom is 0.0665 e. The monoisotopic (exact) mass is 752 g/mol. The second-order valence-corrected chi connectivity index (χ2v) is 31.5. The Morgan fingerprint density at radius 3 is 1.43 bits per heavy atom. The zero-order chi connectivity index (χ0) is 35.2. The lowest BCUT2D eigenvalue weighted by molar-refractivity contribution is 0.421. The van der Waals surface area contributed by atoms with Crippen molar-refractivity contribution in [2.45, 2.75) is 103 Å². The van der Waals surface area contributed by atoms with E-state index in [1.165, 1.54) is 33.7 Å². The number of rotatable bonds is 4. The van der Waals surface area contributed by atoms with E-state index >= 15 is 0 Å². The molecule has 10 atom stereocenters. The lowest BCUT2D eigenvalue weighted by Gasteiger charge is -2.35. The van der Waals surface area contributed by atoms with E-state index in [2.05, 4.69) is 185 Å². The Hall–Kier alpha value is -2.09. The first-order chi connectivity index (χ1) is 22.9. The lowest BCUT2D eigenvalue weighted by Crippen LogP contribution is -2.46. The first-order valence-electron chi connectivity index (χ1n) is 19.1. The molecule has 2 saturated carbocycles. The largest absolute Gasteiger partial charge is 0.370 e. The molecule has 0 bridgehead atoms. The molecule has 2 fully saturated rings. The second kappa shape index (κ2) is 12.5. The lowest BCUT2D eigenvalue weighted by atomic mass is 9.79. The van der Waals surface area contributed by atoms with Crippen molar-refractivity contribution in [3.05, 3.63) is 106 Å². The Morgan fingerprint density at radius 1 is 0.592 bits per heavy atom. The summed E-state index contributed by atoms with van der Waals surface area (Å²) in [6.07, 6.45) is 21.5. The smallest absolute Gasteiger partial charge is 0.0665 e. The van der Waals surface area contributed by atoms with Crippen molar-refractivity contribution in [3.8, 4) is 0 Å². The molecular weight excluding hydrogens is 693 g/mol. The highest BCUT2D eigenvalue weighted by Gasteiger charge is 2.56. The summed E-state index contributed by atoms with van der Waals surface area (Å²) in [5.41, 5.74) is 7.92. The third kappa shape index (κ3) is 6.37. The van der Waals surface area contributed by atoms with Crippen LogP contribution in [0.5, 0.6) is 0 Å². The van der Waals surface area contributed by atoms with E-state index in [1.54, 1.807) is 11.1 Å². The molecule has 10 unspecified atom stereocenters. The van der Waals surface area contributed by atoms with Crippen LogP contribution in [0.1, 0.15) is 63.1 Å². The van der Waals surface area contributed by atoms with Gasteiger partial charge in [-0.25, -0.2) is 0 Å². The average molecular weight is 754 g/mol. The minimum Gasteiger partial charge on any atom is -0.370 e. The molecule has 4 aliphatic carbocycles. The molecule has 2 nitrogen and oxygen atoms in total. The average Bonchev–Trinajstić information content (AvgIpc) is 3.69. The van der Waals surface area contributed by atoms with Crippen LogP contribution in [-0.2, 0) is 5.41 Å². The summed E-state index contributed by atoms with van der Waals surface area (Å²) in [5.74, 6) is 5.48. The van der Waals surface area contributed by atoms with E-state index in [9.17, 15) is 0 Å². The van der Waals surface area contributed by atoms with Crippen molar-refractivity contribution in [1.82, 2.24) is 0 Å². The van der Waals surface area contributed by atoms with Crippen LogP contribution in [-0.4, -0.2) is 40.6 Å². The predicted octanol–water partition coefficient (Wildman–Crippen LogP) is 11.7. The van der Waals surface area contributed by atoms with Crippen molar-refractivity contribution in [1.29, 1.82) is 0 Å². The Labute approximate surface area is 309 Å². The quantitative estimate of drug-likeness (QED) is 0.287. The molecule has 0 amide bonds. The van der Waals surface area contributed by atoms with Gasteiger partial charge in [0.1, 0.15) is 0 Å². The van der Waals surface area contributed by atoms with Crippen LogP contribution in [0.3, 0.4) is 0 Å². The fourth-order valence-electron chi connectivity index (χ4n) is 10.7. The van der Waals surface area contributed by atoms with Crippen LogP contribution in [0.15, 0.2) is 89.5 Å². The fraction of sp³-hybridized carbons (Fsp3) is 0.545. The zero-order valence-electron chi connectivity index (χ0n) is 32.0. The number of hydrogen-bond donors (Lipinski definition) is 0. The summed E-state index contributed by atoms with van der Waals surface area (Å²) in [6, 6.07) is 15.7. The fourth-order valence-corrected chi connectivity index (χ4v) is 13.9. The third-order valence-corrected chi connectivity index (χ3v) is 15.6. The summed E-state index contributed by atoms with van der Waals surface area (Å²) in [4.78, 5) is 5.60. The van der Waals surface area contributed by atoms with Crippen molar-refractivity contribution >= 4 is 43.5 Å². The minimum absolute atomic E-state index is 0.211. The van der Waals surface area contributed by atoms with Crippen molar-refractivity contribution in [2.24, 2.45) is 35.5 Å². The van der Waals surface area contributed by atoms with Crippen LogP contribution in [0.2, 0.25) is 39.3 Å². The molecule has 0 radical (unpaired) electrons. The normalized spacial score (nSPS) is 33.5. The summed E-state index contributed by atoms with van der Waals surface area (Å²) in [7, 11) is -2.35. The van der Waals surface area contributed by atoms with Gasteiger partial charge in [0, 0.05) is 52.1 Å². The second-order valence-electron chi connectivity index (χ2n) is 19.7. The predicted molar refractivity (Wildman–Crippen MR) is 223 cm³/mol. The number of hydrogen-bond acceptors (Lipinski definition) is 2. The highest BCUT2D eigenvalue weighted by Crippen LogP contribution is 2.60. The standard InChI is InChI=1S/C24H35NSi.C20H26BrNSi/c1-16-18-10-8-9-11-19(18)22-20-14-17(24(2,3)4)12-13-21(20)25(23(16)22)15-26(5,6)7;1-13-15-7-5-6-8-16(15)19-17-11-14(21)9-10-18(17)22(20(13)19)12-23(2,3)4/h8-14,16,18-19,22-23H,15H2,1-7H3;5-11,13,15-16,19-20H,12H2,1-4H3. The van der Waals surface area contributed by atoms with Crippen LogP contribution in [0, 0.1) is 35.5 Å². The highest BCUT2D eigenvalue weighted by molar-refractivity contribution is 9.10. The molecule has 49 heavy (non-hydrogen) atoms. The van der Waals surface area contributed by atoms with E-state index in [0.717, 1.165) is 0 Å². The van der Waals surface area contributed by atoms with Gasteiger partial charge in [-0.3, -0.25) is 0 Å². The number of anilines is 2. The Kier molecular flexibility index (Phi) is 9.05. The zero-order valence-corrected chi connectivity index (χ0v) is 35.6. The molecule has 2 aromatic carbocycles. The maximum atomic E-state index is 3.70. The van der Waals surface area contributed by atoms with Gasteiger partial charge < -0.3 is 9.80 Å². The van der Waals surface area contributed by atoms with Crippen molar-refractivity contribution in [3.63, 3.8) is 0 Å². The number of halogens is 1.